The number of methoxy groups -OCH3 is 1. The van der Waals surface area contributed by atoms with Crippen LogP contribution in [-0.4, -0.2) is 11.7 Å². The molecule has 0 fully saturated rings. The number of benzene rings is 2. The fourth-order valence-corrected chi connectivity index (χ4v) is 4.03. The molecule has 1 heterocycles. The Morgan fingerprint density at radius 3 is 2.65 bits per heavy atom. The Morgan fingerprint density at radius 2 is 1.87 bits per heavy atom. The molecule has 0 spiro atoms. The van der Waals surface area contributed by atoms with Gasteiger partial charge in [0.25, 0.3) is 0 Å². The summed E-state index contributed by atoms with van der Waals surface area (Å²) in [4.78, 5) is 0. The highest BCUT2D eigenvalue weighted by atomic mass is 16.5. The van der Waals surface area contributed by atoms with Crippen molar-refractivity contribution in [2.75, 3.05) is 7.11 Å². The summed E-state index contributed by atoms with van der Waals surface area (Å²) < 4.78 is 7.81. The van der Waals surface area contributed by atoms with E-state index in [1.54, 1.807) is 18.4 Å². The molecule has 0 aliphatic heterocycles. The molecule has 2 heteroatoms. The van der Waals surface area contributed by atoms with Gasteiger partial charge in [-0.25, -0.2) is 0 Å². The molecule has 0 radical (unpaired) electrons. The number of rotatable bonds is 3. The Labute approximate surface area is 137 Å². The Hall–Kier alpha value is -2.22. The van der Waals surface area contributed by atoms with Crippen molar-refractivity contribution in [1.82, 2.24) is 4.57 Å². The number of aromatic nitrogens is 1. The lowest BCUT2D eigenvalue weighted by Crippen LogP contribution is -2.12. The molecule has 0 saturated carbocycles. The van der Waals surface area contributed by atoms with E-state index in [1.807, 2.05) is 0 Å². The molecule has 0 saturated heterocycles. The minimum atomic E-state index is 0.643. The standard InChI is InChI=1S/C21H23NO/c1-15-6-5-8-19-18-7-3-4-9-20(18)22(21(15)19)14-16-10-12-17(23-2)13-11-16/h3-4,7,9-13,15H,5-6,8,14H2,1-2H3. The second-order valence-electron chi connectivity index (χ2n) is 6.61. The maximum atomic E-state index is 5.28. The molecular formula is C21H23NO. The fourth-order valence-electron chi connectivity index (χ4n) is 4.03. The first-order chi connectivity index (χ1) is 11.3. The summed E-state index contributed by atoms with van der Waals surface area (Å²) >= 11 is 0. The summed E-state index contributed by atoms with van der Waals surface area (Å²) in [5.41, 5.74) is 5.83. The molecule has 2 nitrogen and oxygen atoms in total. The molecule has 3 aromatic rings. The van der Waals surface area contributed by atoms with Gasteiger partial charge in [0, 0.05) is 23.1 Å². The molecule has 0 bridgehead atoms. The first kappa shape index (κ1) is 14.4. The van der Waals surface area contributed by atoms with Gasteiger partial charge in [-0.15, -0.1) is 0 Å². The zero-order valence-electron chi connectivity index (χ0n) is 13.9. The second-order valence-corrected chi connectivity index (χ2v) is 6.61. The summed E-state index contributed by atoms with van der Waals surface area (Å²) in [7, 11) is 1.71. The van der Waals surface area contributed by atoms with Gasteiger partial charge in [-0.3, -0.25) is 0 Å². The van der Waals surface area contributed by atoms with Crippen LogP contribution in [0.3, 0.4) is 0 Å². The lowest BCUT2D eigenvalue weighted by Gasteiger charge is -2.22. The van der Waals surface area contributed by atoms with Crippen LogP contribution >= 0.6 is 0 Å². The SMILES string of the molecule is COc1ccc(Cn2c3c(c4ccccc42)CCCC3C)cc1. The van der Waals surface area contributed by atoms with Crippen LogP contribution in [-0.2, 0) is 13.0 Å². The zero-order chi connectivity index (χ0) is 15.8. The highest BCUT2D eigenvalue weighted by Crippen LogP contribution is 2.38. The number of fused-ring (bicyclic) bond motifs is 3. The van der Waals surface area contributed by atoms with Crippen molar-refractivity contribution >= 4 is 10.9 Å². The summed E-state index contributed by atoms with van der Waals surface area (Å²) in [6, 6.07) is 17.3. The topological polar surface area (TPSA) is 14.2 Å². The smallest absolute Gasteiger partial charge is 0.118 e. The van der Waals surface area contributed by atoms with E-state index in [4.69, 9.17) is 4.74 Å². The number of hydrogen-bond acceptors (Lipinski definition) is 1. The van der Waals surface area contributed by atoms with Gasteiger partial charge in [-0.1, -0.05) is 37.3 Å². The van der Waals surface area contributed by atoms with E-state index in [1.165, 1.54) is 35.7 Å². The molecule has 2 aromatic carbocycles. The quantitative estimate of drug-likeness (QED) is 0.653. The third kappa shape index (κ3) is 2.42. The van der Waals surface area contributed by atoms with E-state index in [0.29, 0.717) is 5.92 Å². The fraction of sp³-hybridized carbons (Fsp3) is 0.333. The van der Waals surface area contributed by atoms with Crippen molar-refractivity contribution in [2.24, 2.45) is 0 Å². The maximum absolute atomic E-state index is 5.28. The van der Waals surface area contributed by atoms with Gasteiger partial charge in [0.15, 0.2) is 0 Å². The Morgan fingerprint density at radius 1 is 1.09 bits per heavy atom. The molecule has 23 heavy (non-hydrogen) atoms. The predicted molar refractivity (Wildman–Crippen MR) is 95.4 cm³/mol. The van der Waals surface area contributed by atoms with Gasteiger partial charge in [0.1, 0.15) is 5.75 Å². The number of ether oxygens (including phenoxy) is 1. The van der Waals surface area contributed by atoms with Gasteiger partial charge in [0.2, 0.25) is 0 Å². The van der Waals surface area contributed by atoms with Crippen molar-refractivity contribution in [3.63, 3.8) is 0 Å². The average molecular weight is 305 g/mol. The van der Waals surface area contributed by atoms with Gasteiger partial charge in [-0.05, 0) is 54.5 Å². The lowest BCUT2D eigenvalue weighted by atomic mass is 9.88. The van der Waals surface area contributed by atoms with E-state index in [2.05, 4.69) is 60.0 Å². The molecule has 118 valence electrons. The third-order valence-corrected chi connectivity index (χ3v) is 5.15. The Balaban J connectivity index is 1.83. The molecule has 1 unspecified atom stereocenters. The van der Waals surface area contributed by atoms with Crippen LogP contribution in [0.4, 0.5) is 0 Å². The van der Waals surface area contributed by atoms with E-state index >= 15 is 0 Å². The first-order valence-electron chi connectivity index (χ1n) is 8.51. The predicted octanol–water partition coefficient (Wildman–Crippen LogP) is 5.14. The summed E-state index contributed by atoms with van der Waals surface area (Å²) in [5.74, 6) is 1.56. The van der Waals surface area contributed by atoms with Gasteiger partial charge in [0.05, 0.1) is 7.11 Å². The van der Waals surface area contributed by atoms with Crippen LogP contribution < -0.4 is 4.74 Å². The largest absolute Gasteiger partial charge is 0.497 e. The summed E-state index contributed by atoms with van der Waals surface area (Å²) in [6.07, 6.45) is 3.83. The number of aryl methyl sites for hydroxylation is 1. The highest BCUT2D eigenvalue weighted by molar-refractivity contribution is 5.86. The second kappa shape index (κ2) is 5.77. The third-order valence-electron chi connectivity index (χ3n) is 5.15. The average Bonchev–Trinajstić information content (AvgIpc) is 2.91. The van der Waals surface area contributed by atoms with Crippen LogP contribution in [0, 0.1) is 0 Å². The van der Waals surface area contributed by atoms with Crippen molar-refractivity contribution in [1.29, 1.82) is 0 Å². The summed E-state index contributed by atoms with van der Waals surface area (Å²) in [6.45, 7) is 3.31. The van der Waals surface area contributed by atoms with Crippen LogP contribution in [0.25, 0.3) is 10.9 Å². The lowest BCUT2D eigenvalue weighted by molar-refractivity contribution is 0.414. The van der Waals surface area contributed by atoms with Crippen LogP contribution in [0.15, 0.2) is 48.5 Å². The maximum Gasteiger partial charge on any atom is 0.118 e. The normalized spacial score (nSPS) is 17.2. The van der Waals surface area contributed by atoms with Crippen LogP contribution in [0.5, 0.6) is 5.75 Å². The summed E-state index contributed by atoms with van der Waals surface area (Å²) in [5, 5.41) is 1.45. The van der Waals surface area contributed by atoms with Crippen molar-refractivity contribution in [3.8, 4) is 5.75 Å². The van der Waals surface area contributed by atoms with Crippen molar-refractivity contribution < 1.29 is 4.74 Å². The molecule has 4 rings (SSSR count). The number of nitrogens with zero attached hydrogens (tertiary/aromatic N) is 1. The van der Waals surface area contributed by atoms with Crippen LogP contribution in [0.2, 0.25) is 0 Å². The molecule has 1 aliphatic carbocycles. The highest BCUT2D eigenvalue weighted by Gasteiger charge is 2.24. The van der Waals surface area contributed by atoms with Crippen LogP contribution in [0.1, 0.15) is 42.5 Å². The van der Waals surface area contributed by atoms with Gasteiger partial charge in [-0.2, -0.15) is 0 Å². The molecule has 1 aliphatic rings. The monoisotopic (exact) mass is 305 g/mol. The number of hydrogen-bond donors (Lipinski definition) is 0. The Bertz CT molecular complexity index is 829. The van der Waals surface area contributed by atoms with Gasteiger partial charge >= 0.3 is 0 Å². The molecule has 1 aromatic heterocycles. The zero-order valence-corrected chi connectivity index (χ0v) is 13.9. The molecule has 0 N–H and O–H groups in total. The Kier molecular flexibility index (Phi) is 3.60. The molecule has 1 atom stereocenters. The molecule has 0 amide bonds. The van der Waals surface area contributed by atoms with Crippen molar-refractivity contribution in [2.45, 2.75) is 38.6 Å². The minimum absolute atomic E-state index is 0.643. The van der Waals surface area contributed by atoms with E-state index in [-0.39, 0.29) is 0 Å². The van der Waals surface area contributed by atoms with Gasteiger partial charge < -0.3 is 9.30 Å². The number of para-hydroxylation sites is 1. The van der Waals surface area contributed by atoms with Crippen molar-refractivity contribution in [3.05, 3.63) is 65.4 Å². The first-order valence-corrected chi connectivity index (χ1v) is 8.51. The van der Waals surface area contributed by atoms with E-state index < -0.39 is 0 Å². The molecular weight excluding hydrogens is 282 g/mol. The minimum Gasteiger partial charge on any atom is -0.497 e. The van der Waals surface area contributed by atoms with E-state index in [0.717, 1.165) is 12.3 Å². The van der Waals surface area contributed by atoms with E-state index in [9.17, 15) is 0 Å².